The van der Waals surface area contributed by atoms with Gasteiger partial charge in [-0.05, 0) is 46.4 Å². The number of hydrogen-bond acceptors (Lipinski definition) is 4. The standard InChI is InChI=1S/C14H13IO4/c1-17-9-4-2-8(3-5-9)7-18-12-10(15)6-11(16)13-14(12)19-13/h2-6,12-14H,7H2,1H3/t12-,13+,14-/m1/s1. The summed E-state index contributed by atoms with van der Waals surface area (Å²) in [5, 5.41) is 0. The normalized spacial score (nSPS) is 28.6. The second kappa shape index (κ2) is 5.22. The Morgan fingerprint density at radius 2 is 2.05 bits per heavy atom. The van der Waals surface area contributed by atoms with Crippen LogP contribution < -0.4 is 4.74 Å². The lowest BCUT2D eigenvalue weighted by atomic mass is 10.0. The summed E-state index contributed by atoms with van der Waals surface area (Å²) in [6.07, 6.45) is 1.13. The minimum atomic E-state index is -0.278. The number of fused-ring (bicyclic) bond motifs is 1. The van der Waals surface area contributed by atoms with Gasteiger partial charge in [-0.15, -0.1) is 0 Å². The largest absolute Gasteiger partial charge is 0.497 e. The number of carbonyl (C=O) groups excluding carboxylic acids is 1. The molecule has 1 aromatic carbocycles. The van der Waals surface area contributed by atoms with Crippen molar-refractivity contribution in [3.8, 4) is 5.75 Å². The molecule has 100 valence electrons. The second-order valence-electron chi connectivity index (χ2n) is 4.53. The summed E-state index contributed by atoms with van der Waals surface area (Å²) in [7, 11) is 1.64. The Labute approximate surface area is 124 Å². The van der Waals surface area contributed by atoms with Crippen LogP contribution in [0.25, 0.3) is 0 Å². The van der Waals surface area contributed by atoms with E-state index >= 15 is 0 Å². The zero-order valence-electron chi connectivity index (χ0n) is 10.3. The highest BCUT2D eigenvalue weighted by Gasteiger charge is 2.53. The van der Waals surface area contributed by atoms with Gasteiger partial charge in [-0.25, -0.2) is 0 Å². The fourth-order valence-corrected chi connectivity index (χ4v) is 2.96. The number of benzene rings is 1. The molecule has 0 bridgehead atoms. The van der Waals surface area contributed by atoms with Crippen LogP contribution in [-0.2, 0) is 20.9 Å². The van der Waals surface area contributed by atoms with Crippen molar-refractivity contribution in [2.24, 2.45) is 0 Å². The summed E-state index contributed by atoms with van der Waals surface area (Å²) in [4.78, 5) is 11.5. The van der Waals surface area contributed by atoms with Gasteiger partial charge in [0, 0.05) is 3.58 Å². The van der Waals surface area contributed by atoms with Crippen molar-refractivity contribution in [1.29, 1.82) is 0 Å². The highest BCUT2D eigenvalue weighted by atomic mass is 127. The molecule has 2 aliphatic rings. The summed E-state index contributed by atoms with van der Waals surface area (Å²) in [5.74, 6) is 0.880. The van der Waals surface area contributed by atoms with Gasteiger partial charge in [0.2, 0.25) is 0 Å². The number of ether oxygens (including phenoxy) is 3. The average Bonchev–Trinajstić information content (AvgIpc) is 3.20. The summed E-state index contributed by atoms with van der Waals surface area (Å²) < 4.78 is 17.2. The van der Waals surface area contributed by atoms with Crippen LogP contribution in [0.3, 0.4) is 0 Å². The van der Waals surface area contributed by atoms with Crippen molar-refractivity contribution in [3.05, 3.63) is 39.5 Å². The third-order valence-electron chi connectivity index (χ3n) is 3.24. The number of rotatable bonds is 4. The van der Waals surface area contributed by atoms with Crippen LogP contribution in [0.15, 0.2) is 33.9 Å². The van der Waals surface area contributed by atoms with Gasteiger partial charge < -0.3 is 14.2 Å². The second-order valence-corrected chi connectivity index (χ2v) is 5.78. The van der Waals surface area contributed by atoms with Crippen LogP contribution in [0, 0.1) is 0 Å². The van der Waals surface area contributed by atoms with Gasteiger partial charge in [0.15, 0.2) is 5.78 Å². The fraction of sp³-hybridized carbons (Fsp3) is 0.357. The van der Waals surface area contributed by atoms with Gasteiger partial charge in [0.05, 0.1) is 13.7 Å². The third-order valence-corrected chi connectivity index (χ3v) is 4.17. The van der Waals surface area contributed by atoms with Crippen molar-refractivity contribution in [1.82, 2.24) is 0 Å². The van der Waals surface area contributed by atoms with Gasteiger partial charge in [-0.1, -0.05) is 12.1 Å². The lowest BCUT2D eigenvalue weighted by Gasteiger charge is -2.18. The zero-order valence-corrected chi connectivity index (χ0v) is 12.5. The maximum atomic E-state index is 11.5. The first-order valence-corrected chi connectivity index (χ1v) is 7.08. The highest BCUT2D eigenvalue weighted by molar-refractivity contribution is 14.1. The molecule has 0 aromatic heterocycles. The predicted molar refractivity (Wildman–Crippen MR) is 77.3 cm³/mol. The molecule has 19 heavy (non-hydrogen) atoms. The van der Waals surface area contributed by atoms with E-state index < -0.39 is 0 Å². The minimum Gasteiger partial charge on any atom is -0.497 e. The third kappa shape index (κ3) is 2.68. The van der Waals surface area contributed by atoms with Crippen LogP contribution in [0.4, 0.5) is 0 Å². The van der Waals surface area contributed by atoms with E-state index in [0.717, 1.165) is 14.9 Å². The van der Waals surface area contributed by atoms with E-state index in [1.165, 1.54) is 0 Å². The molecule has 3 rings (SSSR count). The molecule has 0 saturated carbocycles. The molecular weight excluding hydrogens is 359 g/mol. The lowest BCUT2D eigenvalue weighted by Crippen LogP contribution is -2.28. The molecule has 0 unspecified atom stereocenters. The molecule has 0 N–H and O–H groups in total. The summed E-state index contributed by atoms with van der Waals surface area (Å²) in [6.45, 7) is 0.496. The van der Waals surface area contributed by atoms with Gasteiger partial charge >= 0.3 is 0 Å². The molecule has 4 nitrogen and oxygen atoms in total. The Morgan fingerprint density at radius 1 is 1.32 bits per heavy atom. The molecule has 1 saturated heterocycles. The van der Waals surface area contributed by atoms with Gasteiger partial charge in [-0.2, -0.15) is 0 Å². The van der Waals surface area contributed by atoms with Crippen LogP contribution in [0.5, 0.6) is 5.75 Å². The number of ketones is 1. The smallest absolute Gasteiger partial charge is 0.188 e. The molecule has 1 aromatic rings. The number of hydrogen-bond donors (Lipinski definition) is 0. The number of halogens is 1. The molecule has 0 radical (unpaired) electrons. The van der Waals surface area contributed by atoms with Crippen LogP contribution in [0.2, 0.25) is 0 Å². The maximum absolute atomic E-state index is 11.5. The van der Waals surface area contributed by atoms with Crippen LogP contribution in [0.1, 0.15) is 5.56 Å². The predicted octanol–water partition coefficient (Wildman–Crippen LogP) is 2.25. The number of carbonyl (C=O) groups is 1. The summed E-state index contributed by atoms with van der Waals surface area (Å²) >= 11 is 2.15. The SMILES string of the molecule is COc1ccc(CO[C@@H]2C(I)=CC(=O)[C@@H]3O[C@H]23)cc1. The Bertz CT molecular complexity index is 523. The Hall–Kier alpha value is -0.920. The first-order valence-electron chi connectivity index (χ1n) is 6.00. The van der Waals surface area contributed by atoms with Crippen LogP contribution in [-0.4, -0.2) is 31.2 Å². The van der Waals surface area contributed by atoms with Gasteiger partial charge in [0.1, 0.15) is 24.1 Å². The van der Waals surface area contributed by atoms with Crippen molar-refractivity contribution in [2.75, 3.05) is 7.11 Å². The van der Waals surface area contributed by atoms with Crippen LogP contribution >= 0.6 is 22.6 Å². The first-order chi connectivity index (χ1) is 9.19. The van der Waals surface area contributed by atoms with Crippen molar-refractivity contribution in [2.45, 2.75) is 24.9 Å². The quantitative estimate of drug-likeness (QED) is 0.601. The highest BCUT2D eigenvalue weighted by Crippen LogP contribution is 2.38. The zero-order chi connectivity index (χ0) is 13.4. The molecule has 1 aliphatic heterocycles. The minimum absolute atomic E-state index is 0.0543. The Kier molecular flexibility index (Phi) is 3.60. The number of methoxy groups -OCH3 is 1. The monoisotopic (exact) mass is 372 g/mol. The van der Waals surface area contributed by atoms with E-state index in [9.17, 15) is 4.79 Å². The molecular formula is C14H13IO4. The lowest BCUT2D eigenvalue weighted by molar-refractivity contribution is -0.116. The van der Waals surface area contributed by atoms with Gasteiger partial charge in [0.25, 0.3) is 0 Å². The molecule has 0 spiro atoms. The van der Waals surface area contributed by atoms with Crippen molar-refractivity contribution < 1.29 is 19.0 Å². The van der Waals surface area contributed by atoms with Crippen molar-refractivity contribution in [3.63, 3.8) is 0 Å². The van der Waals surface area contributed by atoms with E-state index in [4.69, 9.17) is 14.2 Å². The molecule has 0 amide bonds. The van der Waals surface area contributed by atoms with E-state index in [1.54, 1.807) is 13.2 Å². The number of epoxide rings is 1. The van der Waals surface area contributed by atoms with E-state index in [2.05, 4.69) is 22.6 Å². The molecule has 5 heteroatoms. The fourth-order valence-electron chi connectivity index (χ4n) is 2.12. The first kappa shape index (κ1) is 13.1. The molecule has 1 heterocycles. The Balaban J connectivity index is 1.63. The van der Waals surface area contributed by atoms with E-state index in [1.807, 2.05) is 24.3 Å². The maximum Gasteiger partial charge on any atom is 0.188 e. The Morgan fingerprint density at radius 3 is 2.74 bits per heavy atom. The van der Waals surface area contributed by atoms with E-state index in [-0.39, 0.29) is 24.1 Å². The summed E-state index contributed by atoms with van der Waals surface area (Å²) in [5.41, 5.74) is 1.07. The van der Waals surface area contributed by atoms with Crippen molar-refractivity contribution >= 4 is 28.4 Å². The van der Waals surface area contributed by atoms with Gasteiger partial charge in [-0.3, -0.25) is 4.79 Å². The average molecular weight is 372 g/mol. The summed E-state index contributed by atoms with van der Waals surface area (Å²) in [6, 6.07) is 7.74. The topological polar surface area (TPSA) is 48.1 Å². The molecule has 1 fully saturated rings. The van der Waals surface area contributed by atoms with E-state index in [0.29, 0.717) is 6.61 Å². The molecule has 1 aliphatic carbocycles. The molecule has 3 atom stereocenters.